The molecule has 180 valence electrons. The van der Waals surface area contributed by atoms with Gasteiger partial charge in [-0.25, -0.2) is 9.97 Å². The van der Waals surface area contributed by atoms with Crippen molar-refractivity contribution in [2.75, 3.05) is 32.8 Å². The molecule has 0 unspecified atom stereocenters. The number of likely N-dealkylation sites (tertiary alicyclic amines) is 1. The van der Waals surface area contributed by atoms with Gasteiger partial charge in [0.1, 0.15) is 12.1 Å². The number of hydrogen-bond acceptors (Lipinski definition) is 8. The van der Waals surface area contributed by atoms with Crippen LogP contribution in [0.15, 0.2) is 24.5 Å². The van der Waals surface area contributed by atoms with E-state index in [-0.39, 0.29) is 27.5 Å². The zero-order chi connectivity index (χ0) is 23.9. The van der Waals surface area contributed by atoms with E-state index in [0.29, 0.717) is 55.2 Å². The number of aromatic nitrogens is 4. The van der Waals surface area contributed by atoms with Crippen LogP contribution in [0.2, 0.25) is 0 Å². The molecule has 9 nitrogen and oxygen atoms in total. The number of β-amino-alcohol motifs (C(OH)–C–C–N with tert-alkyl or cyclic N) is 1. The van der Waals surface area contributed by atoms with Crippen molar-refractivity contribution in [1.82, 2.24) is 30.0 Å². The molecule has 1 amide bonds. The minimum Gasteiger partial charge on any atom is -0.492 e. The summed E-state index contributed by atoms with van der Waals surface area (Å²) < 4.78 is 45.4. The summed E-state index contributed by atoms with van der Waals surface area (Å²) in [5.74, 6) is -0.175. The van der Waals surface area contributed by atoms with Gasteiger partial charge in [-0.3, -0.25) is 9.69 Å². The predicted molar refractivity (Wildman–Crippen MR) is 116 cm³/mol. The SMILES string of the molecule is O=C(NCCN1CC[C@H](O)C1)c1ccc2c(c1)OCCc1sc(-c3ncnn3C(F)(F)F)nc1-2. The number of thiazole rings is 1. The second-order valence-corrected chi connectivity index (χ2v) is 9.15. The summed E-state index contributed by atoms with van der Waals surface area (Å²) in [6, 6.07) is 4.96. The van der Waals surface area contributed by atoms with E-state index >= 15 is 0 Å². The standard InChI is InChI=1S/C21H21F3N6O3S/c22-21(23,24)30-18(26-11-27-30)20-28-17-14-2-1-12(9-15(14)33-8-4-16(17)34-20)19(32)25-5-7-29-6-3-13(31)10-29/h1-2,9,11,13,31H,3-8,10H2,(H,25,32)/t13-/m0/s1. The van der Waals surface area contributed by atoms with Gasteiger partial charge in [0, 0.05) is 48.6 Å². The number of halogens is 3. The van der Waals surface area contributed by atoms with E-state index < -0.39 is 6.30 Å². The number of benzene rings is 1. The summed E-state index contributed by atoms with van der Waals surface area (Å²) in [7, 11) is 0. The van der Waals surface area contributed by atoms with Gasteiger partial charge in [0.25, 0.3) is 5.91 Å². The molecule has 0 bridgehead atoms. The lowest BCUT2D eigenvalue weighted by Crippen LogP contribution is -2.34. The van der Waals surface area contributed by atoms with Gasteiger partial charge in [-0.1, -0.05) is 0 Å². The molecule has 0 saturated carbocycles. The first kappa shape index (κ1) is 22.7. The molecule has 2 aliphatic heterocycles. The largest absolute Gasteiger partial charge is 0.506 e. The normalized spacial score (nSPS) is 18.2. The average Bonchev–Trinajstić information content (AvgIpc) is 3.51. The van der Waals surface area contributed by atoms with Crippen LogP contribution in [0.5, 0.6) is 5.75 Å². The Balaban J connectivity index is 1.35. The van der Waals surface area contributed by atoms with Crippen LogP contribution in [0.25, 0.3) is 22.1 Å². The molecule has 2 N–H and O–H groups in total. The van der Waals surface area contributed by atoms with Gasteiger partial charge >= 0.3 is 6.30 Å². The molecule has 1 aromatic carbocycles. The molecule has 4 heterocycles. The Kier molecular flexibility index (Phi) is 6.00. The number of ether oxygens (including phenoxy) is 1. The summed E-state index contributed by atoms with van der Waals surface area (Å²) in [6.45, 7) is 2.82. The molecule has 34 heavy (non-hydrogen) atoms. The van der Waals surface area contributed by atoms with Crippen molar-refractivity contribution in [3.8, 4) is 27.8 Å². The number of carbonyl (C=O) groups excluding carboxylic acids is 1. The van der Waals surface area contributed by atoms with E-state index in [1.807, 2.05) is 0 Å². The van der Waals surface area contributed by atoms with Crippen LogP contribution in [-0.2, 0) is 12.7 Å². The Labute approximate surface area is 196 Å². The van der Waals surface area contributed by atoms with Gasteiger partial charge in [0.05, 0.1) is 18.4 Å². The van der Waals surface area contributed by atoms with E-state index in [2.05, 4.69) is 25.3 Å². The Morgan fingerprint density at radius 3 is 2.97 bits per heavy atom. The fraction of sp³-hybridized carbons (Fsp3) is 0.429. The quantitative estimate of drug-likeness (QED) is 0.561. The van der Waals surface area contributed by atoms with Crippen LogP contribution in [0.3, 0.4) is 0 Å². The Morgan fingerprint density at radius 2 is 2.21 bits per heavy atom. The predicted octanol–water partition coefficient (Wildman–Crippen LogP) is 2.28. The van der Waals surface area contributed by atoms with E-state index in [0.717, 1.165) is 35.5 Å². The number of aliphatic hydroxyl groups is 1. The molecular formula is C21H21F3N6O3S. The summed E-state index contributed by atoms with van der Waals surface area (Å²) >= 11 is 1.12. The molecule has 13 heteroatoms. The van der Waals surface area contributed by atoms with Crippen molar-refractivity contribution in [3.63, 3.8) is 0 Å². The maximum Gasteiger partial charge on any atom is 0.506 e. The van der Waals surface area contributed by atoms with Gasteiger partial charge in [0.2, 0.25) is 0 Å². The van der Waals surface area contributed by atoms with Crippen LogP contribution in [0.4, 0.5) is 13.2 Å². The minimum absolute atomic E-state index is 0.0984. The maximum atomic E-state index is 13.2. The fourth-order valence-electron chi connectivity index (χ4n) is 4.08. The number of hydrogen-bond donors (Lipinski definition) is 2. The highest BCUT2D eigenvalue weighted by molar-refractivity contribution is 7.15. The number of alkyl halides is 3. The molecule has 1 fully saturated rings. The first-order chi connectivity index (χ1) is 16.3. The van der Waals surface area contributed by atoms with Crippen LogP contribution in [-0.4, -0.2) is 74.6 Å². The topological polar surface area (TPSA) is 105 Å². The van der Waals surface area contributed by atoms with E-state index in [9.17, 15) is 23.1 Å². The number of amides is 1. The summed E-state index contributed by atoms with van der Waals surface area (Å²) in [4.78, 5) is 23.7. The van der Waals surface area contributed by atoms with Crippen molar-refractivity contribution < 1.29 is 27.8 Å². The highest BCUT2D eigenvalue weighted by Gasteiger charge is 2.36. The third-order valence-electron chi connectivity index (χ3n) is 5.72. The molecule has 3 aromatic rings. The fourth-order valence-corrected chi connectivity index (χ4v) is 5.12. The summed E-state index contributed by atoms with van der Waals surface area (Å²) in [6.07, 6.45) is -2.95. The molecule has 2 aliphatic rings. The van der Waals surface area contributed by atoms with Crippen molar-refractivity contribution in [3.05, 3.63) is 35.0 Å². The molecule has 0 radical (unpaired) electrons. The van der Waals surface area contributed by atoms with Gasteiger partial charge in [-0.2, -0.15) is 5.10 Å². The van der Waals surface area contributed by atoms with E-state index in [4.69, 9.17) is 4.74 Å². The second kappa shape index (κ2) is 8.96. The maximum absolute atomic E-state index is 13.2. The zero-order valence-electron chi connectivity index (χ0n) is 17.9. The third kappa shape index (κ3) is 4.50. The molecule has 1 saturated heterocycles. The van der Waals surface area contributed by atoms with Crippen LogP contribution in [0, 0.1) is 0 Å². The number of fused-ring (bicyclic) bond motifs is 3. The van der Waals surface area contributed by atoms with Crippen LogP contribution in [0.1, 0.15) is 21.7 Å². The number of aliphatic hydroxyl groups excluding tert-OH is 1. The number of nitrogens with zero attached hydrogens (tertiary/aromatic N) is 5. The van der Waals surface area contributed by atoms with E-state index in [1.54, 1.807) is 18.2 Å². The Bertz CT molecular complexity index is 1210. The highest BCUT2D eigenvalue weighted by Crippen LogP contribution is 2.41. The molecule has 1 atom stereocenters. The lowest BCUT2D eigenvalue weighted by atomic mass is 10.1. The van der Waals surface area contributed by atoms with Gasteiger partial charge < -0.3 is 15.2 Å². The number of nitrogens with one attached hydrogen (secondary N) is 1. The van der Waals surface area contributed by atoms with Gasteiger partial charge in [0.15, 0.2) is 10.8 Å². The molecule has 2 aromatic heterocycles. The highest BCUT2D eigenvalue weighted by atomic mass is 32.1. The van der Waals surface area contributed by atoms with E-state index in [1.165, 1.54) is 0 Å². The lowest BCUT2D eigenvalue weighted by molar-refractivity contribution is -0.211. The first-order valence-corrected chi connectivity index (χ1v) is 11.5. The van der Waals surface area contributed by atoms with Crippen LogP contribution >= 0.6 is 11.3 Å². The van der Waals surface area contributed by atoms with Crippen molar-refractivity contribution in [2.45, 2.75) is 25.2 Å². The molecule has 5 rings (SSSR count). The first-order valence-electron chi connectivity index (χ1n) is 10.7. The van der Waals surface area contributed by atoms with Gasteiger partial charge in [-0.05, 0) is 24.6 Å². The Hall–Kier alpha value is -3.03. The Morgan fingerprint density at radius 1 is 1.35 bits per heavy atom. The minimum atomic E-state index is -4.70. The molecular weight excluding hydrogens is 473 g/mol. The third-order valence-corrected chi connectivity index (χ3v) is 6.83. The number of carbonyl (C=O) groups is 1. The van der Waals surface area contributed by atoms with Crippen molar-refractivity contribution in [1.29, 1.82) is 0 Å². The van der Waals surface area contributed by atoms with Crippen molar-refractivity contribution in [2.24, 2.45) is 0 Å². The number of rotatable bonds is 5. The van der Waals surface area contributed by atoms with Gasteiger partial charge in [-0.15, -0.1) is 29.2 Å². The van der Waals surface area contributed by atoms with Crippen LogP contribution < -0.4 is 10.1 Å². The smallest absolute Gasteiger partial charge is 0.492 e. The summed E-state index contributed by atoms with van der Waals surface area (Å²) in [5, 5.41) is 15.9. The lowest BCUT2D eigenvalue weighted by Gasteiger charge is -2.15. The van der Waals surface area contributed by atoms with Crippen molar-refractivity contribution >= 4 is 17.2 Å². The zero-order valence-corrected chi connectivity index (χ0v) is 18.7. The summed E-state index contributed by atoms with van der Waals surface area (Å²) in [5.41, 5.74) is 1.54. The molecule has 0 spiro atoms. The monoisotopic (exact) mass is 494 g/mol. The second-order valence-electron chi connectivity index (χ2n) is 8.06. The molecule has 0 aliphatic carbocycles. The average molecular weight is 494 g/mol.